The molecule has 2 aliphatic carbocycles. The molecular formula is C15H20N2O2. The minimum atomic E-state index is -0.898. The first-order chi connectivity index (χ1) is 9.15. The molecule has 0 aliphatic heterocycles. The van der Waals surface area contributed by atoms with Crippen molar-refractivity contribution >= 4 is 11.7 Å². The fourth-order valence-electron chi connectivity index (χ4n) is 3.95. The number of fused-ring (bicyclic) bond motifs is 2. The molecule has 4 unspecified atom stereocenters. The highest BCUT2D eigenvalue weighted by molar-refractivity contribution is 5.93. The highest BCUT2D eigenvalue weighted by atomic mass is 16.4. The van der Waals surface area contributed by atoms with Crippen LogP contribution in [-0.2, 0) is 0 Å². The maximum absolute atomic E-state index is 11.2. The maximum atomic E-state index is 11.2. The summed E-state index contributed by atoms with van der Waals surface area (Å²) >= 11 is 0. The zero-order valence-electron chi connectivity index (χ0n) is 11.2. The molecular weight excluding hydrogens is 240 g/mol. The van der Waals surface area contributed by atoms with E-state index in [0.717, 1.165) is 11.8 Å². The largest absolute Gasteiger partial charge is 0.478 e. The third-order valence-electron chi connectivity index (χ3n) is 4.87. The van der Waals surface area contributed by atoms with Gasteiger partial charge in [-0.05, 0) is 50.0 Å². The number of carboxylic acids is 1. The summed E-state index contributed by atoms with van der Waals surface area (Å²) in [7, 11) is 0. The second-order valence-electron chi connectivity index (χ2n) is 6.00. The highest BCUT2D eigenvalue weighted by Crippen LogP contribution is 2.49. The monoisotopic (exact) mass is 260 g/mol. The van der Waals surface area contributed by atoms with Gasteiger partial charge in [-0.3, -0.25) is 4.98 Å². The van der Waals surface area contributed by atoms with Crippen LogP contribution in [0.1, 0.15) is 43.0 Å². The van der Waals surface area contributed by atoms with E-state index in [9.17, 15) is 9.90 Å². The van der Waals surface area contributed by atoms with Crippen LogP contribution >= 0.6 is 0 Å². The van der Waals surface area contributed by atoms with Crippen LogP contribution in [-0.4, -0.2) is 22.1 Å². The van der Waals surface area contributed by atoms with Crippen molar-refractivity contribution < 1.29 is 9.90 Å². The van der Waals surface area contributed by atoms with Crippen LogP contribution in [0.15, 0.2) is 18.5 Å². The van der Waals surface area contributed by atoms with Crippen LogP contribution in [0.5, 0.6) is 0 Å². The average molecular weight is 260 g/mol. The van der Waals surface area contributed by atoms with E-state index in [-0.39, 0.29) is 0 Å². The van der Waals surface area contributed by atoms with E-state index in [4.69, 9.17) is 0 Å². The standard InChI is InChI=1S/C15H20N2O2/c1-9(13-7-10-2-3-11(13)6-10)17-14-8-16-5-4-12(14)15(18)19/h4-5,8-11,13,17H,2-3,6-7H2,1H3,(H,18,19). The Morgan fingerprint density at radius 1 is 1.47 bits per heavy atom. The summed E-state index contributed by atoms with van der Waals surface area (Å²) in [6.07, 6.45) is 8.54. The molecule has 2 saturated carbocycles. The second-order valence-corrected chi connectivity index (χ2v) is 6.00. The number of carboxylic acid groups (broad SMARTS) is 1. The molecule has 0 spiro atoms. The Labute approximate surface area is 113 Å². The van der Waals surface area contributed by atoms with Gasteiger partial charge in [0.25, 0.3) is 0 Å². The molecule has 2 aliphatic rings. The van der Waals surface area contributed by atoms with Crippen molar-refractivity contribution in [1.29, 1.82) is 0 Å². The number of rotatable bonds is 4. The van der Waals surface area contributed by atoms with Crippen molar-refractivity contribution in [2.24, 2.45) is 17.8 Å². The molecule has 4 atom stereocenters. The third kappa shape index (κ3) is 2.31. The van der Waals surface area contributed by atoms with E-state index in [1.807, 2.05) is 0 Å². The zero-order valence-corrected chi connectivity index (χ0v) is 11.2. The normalized spacial score (nSPS) is 30.3. The van der Waals surface area contributed by atoms with Gasteiger partial charge in [0.2, 0.25) is 0 Å². The van der Waals surface area contributed by atoms with Gasteiger partial charge < -0.3 is 10.4 Å². The number of anilines is 1. The van der Waals surface area contributed by atoms with Gasteiger partial charge in [-0.2, -0.15) is 0 Å². The number of pyridine rings is 1. The van der Waals surface area contributed by atoms with Gasteiger partial charge in [0.1, 0.15) is 0 Å². The summed E-state index contributed by atoms with van der Waals surface area (Å²) in [5.74, 6) is 1.52. The zero-order chi connectivity index (χ0) is 13.4. The summed E-state index contributed by atoms with van der Waals surface area (Å²) < 4.78 is 0. The van der Waals surface area contributed by atoms with E-state index in [2.05, 4.69) is 17.2 Å². The van der Waals surface area contributed by atoms with Crippen molar-refractivity contribution in [3.05, 3.63) is 24.0 Å². The van der Waals surface area contributed by atoms with E-state index >= 15 is 0 Å². The quantitative estimate of drug-likeness (QED) is 0.873. The number of nitrogens with zero attached hydrogens (tertiary/aromatic N) is 1. The number of nitrogens with one attached hydrogen (secondary N) is 1. The fourth-order valence-corrected chi connectivity index (χ4v) is 3.95. The molecule has 19 heavy (non-hydrogen) atoms. The first kappa shape index (κ1) is 12.5. The van der Waals surface area contributed by atoms with Gasteiger partial charge in [-0.15, -0.1) is 0 Å². The van der Waals surface area contributed by atoms with E-state index in [1.165, 1.54) is 31.9 Å². The minimum absolute atomic E-state index is 0.310. The predicted octanol–water partition coefficient (Wildman–Crippen LogP) is 3.02. The first-order valence-electron chi connectivity index (χ1n) is 7.09. The molecule has 1 heterocycles. The van der Waals surface area contributed by atoms with Crippen molar-refractivity contribution in [2.75, 3.05) is 5.32 Å². The van der Waals surface area contributed by atoms with Crippen molar-refractivity contribution in [2.45, 2.75) is 38.6 Å². The number of hydrogen-bond acceptors (Lipinski definition) is 3. The molecule has 4 nitrogen and oxygen atoms in total. The molecule has 1 aromatic heterocycles. The van der Waals surface area contributed by atoms with Crippen molar-refractivity contribution in [3.8, 4) is 0 Å². The lowest BCUT2D eigenvalue weighted by molar-refractivity contribution is 0.0697. The Morgan fingerprint density at radius 2 is 2.32 bits per heavy atom. The highest BCUT2D eigenvalue weighted by Gasteiger charge is 2.41. The molecule has 0 amide bonds. The number of aromatic carboxylic acids is 1. The molecule has 4 heteroatoms. The van der Waals surface area contributed by atoms with Gasteiger partial charge in [-0.1, -0.05) is 6.42 Å². The van der Waals surface area contributed by atoms with Crippen LogP contribution < -0.4 is 5.32 Å². The van der Waals surface area contributed by atoms with Crippen molar-refractivity contribution in [3.63, 3.8) is 0 Å². The molecule has 102 valence electrons. The Bertz CT molecular complexity index is 489. The first-order valence-corrected chi connectivity index (χ1v) is 7.09. The van der Waals surface area contributed by atoms with Gasteiger partial charge in [-0.25, -0.2) is 4.79 Å². The Hall–Kier alpha value is -1.58. The van der Waals surface area contributed by atoms with Gasteiger partial charge >= 0.3 is 5.97 Å². The Kier molecular flexibility index (Phi) is 3.17. The van der Waals surface area contributed by atoms with E-state index < -0.39 is 5.97 Å². The fraction of sp³-hybridized carbons (Fsp3) is 0.600. The minimum Gasteiger partial charge on any atom is -0.478 e. The number of hydrogen-bond donors (Lipinski definition) is 2. The molecule has 2 fully saturated rings. The summed E-state index contributed by atoms with van der Waals surface area (Å²) in [6.45, 7) is 2.17. The summed E-state index contributed by atoms with van der Waals surface area (Å²) in [6, 6.07) is 1.87. The average Bonchev–Trinajstić information content (AvgIpc) is 3.01. The molecule has 3 rings (SSSR count). The van der Waals surface area contributed by atoms with Gasteiger partial charge in [0, 0.05) is 12.2 Å². The van der Waals surface area contributed by atoms with Crippen LogP contribution in [0.4, 0.5) is 5.69 Å². The molecule has 0 saturated heterocycles. The molecule has 1 aromatic rings. The number of carbonyl (C=O) groups is 1. The Balaban J connectivity index is 1.73. The lowest BCUT2D eigenvalue weighted by atomic mass is 9.84. The lowest BCUT2D eigenvalue weighted by Crippen LogP contribution is -2.30. The van der Waals surface area contributed by atoms with Gasteiger partial charge in [0.15, 0.2) is 0 Å². The number of aromatic nitrogens is 1. The molecule has 2 bridgehead atoms. The van der Waals surface area contributed by atoms with E-state index in [1.54, 1.807) is 12.3 Å². The summed E-state index contributed by atoms with van der Waals surface area (Å²) in [5.41, 5.74) is 0.954. The Morgan fingerprint density at radius 3 is 2.95 bits per heavy atom. The van der Waals surface area contributed by atoms with Crippen LogP contribution in [0, 0.1) is 17.8 Å². The second kappa shape index (κ2) is 4.83. The summed E-state index contributed by atoms with van der Waals surface area (Å²) in [5, 5.41) is 12.6. The van der Waals surface area contributed by atoms with E-state index in [0.29, 0.717) is 23.2 Å². The van der Waals surface area contributed by atoms with Crippen molar-refractivity contribution in [1.82, 2.24) is 4.98 Å². The smallest absolute Gasteiger partial charge is 0.337 e. The lowest BCUT2D eigenvalue weighted by Gasteiger charge is -2.29. The van der Waals surface area contributed by atoms with Crippen LogP contribution in [0.2, 0.25) is 0 Å². The molecule has 0 radical (unpaired) electrons. The van der Waals surface area contributed by atoms with Crippen LogP contribution in [0.3, 0.4) is 0 Å². The van der Waals surface area contributed by atoms with Crippen LogP contribution in [0.25, 0.3) is 0 Å². The summed E-state index contributed by atoms with van der Waals surface area (Å²) in [4.78, 5) is 15.2. The predicted molar refractivity (Wildman–Crippen MR) is 73.2 cm³/mol. The SMILES string of the molecule is CC(Nc1cnccc1C(=O)O)C1CC2CCC1C2. The van der Waals surface area contributed by atoms with Gasteiger partial charge in [0.05, 0.1) is 17.4 Å². The third-order valence-corrected chi connectivity index (χ3v) is 4.87. The maximum Gasteiger partial charge on any atom is 0.337 e. The topological polar surface area (TPSA) is 62.2 Å². The molecule has 0 aromatic carbocycles. The molecule has 2 N–H and O–H groups in total.